The van der Waals surface area contributed by atoms with Crippen LogP contribution < -0.4 is 5.46 Å². The predicted octanol–water partition coefficient (Wildman–Crippen LogP) is 21.0. The van der Waals surface area contributed by atoms with Crippen molar-refractivity contribution in [2.24, 2.45) is 0 Å². The lowest BCUT2D eigenvalue weighted by atomic mass is 9.67. The number of hydrogen-bond donors (Lipinski definition) is 2. The lowest BCUT2D eigenvalue weighted by Gasteiger charge is -2.34. The van der Waals surface area contributed by atoms with E-state index in [0.717, 1.165) is 70.6 Å². The molecule has 0 saturated heterocycles. The van der Waals surface area contributed by atoms with Gasteiger partial charge in [0, 0.05) is 37.1 Å². The van der Waals surface area contributed by atoms with E-state index in [4.69, 9.17) is 8.83 Å². The summed E-state index contributed by atoms with van der Waals surface area (Å²) in [6.07, 6.45) is 0. The Kier molecular flexibility index (Phi) is 14.4. The number of rotatable bonds is 8. The Bertz CT molecular complexity index is 5340. The van der Waals surface area contributed by atoms with Gasteiger partial charge >= 0.3 is 7.12 Å². The van der Waals surface area contributed by atoms with Gasteiger partial charge in [0.15, 0.2) is 0 Å². The van der Waals surface area contributed by atoms with Crippen LogP contribution in [0.5, 0.6) is 0 Å². The zero-order valence-corrected chi connectivity index (χ0v) is 51.6. The maximum atomic E-state index is 9.35. The van der Waals surface area contributed by atoms with Gasteiger partial charge in [-0.15, -0.1) is 0 Å². The summed E-state index contributed by atoms with van der Waals surface area (Å²) in [6.45, 7) is 0. The Hall–Kier alpha value is -10.9. The molecule has 0 spiro atoms. The van der Waals surface area contributed by atoms with Crippen LogP contribution in [0.4, 0.5) is 0 Å². The van der Waals surface area contributed by atoms with Gasteiger partial charge in [-0.05, 0) is 131 Å². The Morgan fingerprint density at radius 2 is 0.598 bits per heavy atom. The number of hydrogen-bond acceptors (Lipinski definition) is 4. The molecule has 4 nitrogen and oxygen atoms in total. The number of benzene rings is 14. The monoisotopic (exact) mass is 1240 g/mol. The van der Waals surface area contributed by atoms with Crippen molar-refractivity contribution in [2.75, 3.05) is 0 Å². The van der Waals surface area contributed by atoms with Crippen molar-refractivity contribution in [3.8, 4) is 55.6 Å². The van der Waals surface area contributed by atoms with Crippen LogP contribution in [0.2, 0.25) is 0 Å². The third kappa shape index (κ3) is 9.37. The Labute approximate surface area is 542 Å². The van der Waals surface area contributed by atoms with Gasteiger partial charge in [-0.2, -0.15) is 0 Å². The summed E-state index contributed by atoms with van der Waals surface area (Å²) in [4.78, 5) is 0. The van der Waals surface area contributed by atoms with Gasteiger partial charge < -0.3 is 18.9 Å². The van der Waals surface area contributed by atoms with E-state index in [2.05, 4.69) is 277 Å². The van der Waals surface area contributed by atoms with Crippen LogP contribution in [0.15, 0.2) is 353 Å². The highest BCUT2D eigenvalue weighted by molar-refractivity contribution is 9.10. The van der Waals surface area contributed by atoms with Gasteiger partial charge in [-0.3, -0.25) is 0 Å². The molecule has 2 heterocycles. The van der Waals surface area contributed by atoms with Crippen LogP contribution in [0.25, 0.3) is 99.5 Å². The summed E-state index contributed by atoms with van der Waals surface area (Å²) in [5.41, 5.74) is 25.5. The average molecular weight is 1250 g/mol. The topological polar surface area (TPSA) is 66.7 Å². The Morgan fingerprint density at radius 3 is 1.08 bits per heavy atom. The molecule has 0 unspecified atom stereocenters. The van der Waals surface area contributed by atoms with Crippen LogP contribution in [0, 0.1) is 0 Å². The third-order valence-corrected chi connectivity index (χ3v) is 19.2. The van der Waals surface area contributed by atoms with Crippen molar-refractivity contribution in [3.05, 3.63) is 389 Å². The fourth-order valence-electron chi connectivity index (χ4n) is 14.8. The van der Waals surface area contributed by atoms with E-state index in [1.54, 1.807) is 12.1 Å². The second-order valence-electron chi connectivity index (χ2n) is 23.6. The smallest absolute Gasteiger partial charge is 0.455 e. The lowest BCUT2D eigenvalue weighted by molar-refractivity contribution is 0.426. The molecular weight excluding hydrogens is 1190 g/mol. The first kappa shape index (κ1) is 56.4. The molecule has 16 aromatic rings. The van der Waals surface area contributed by atoms with E-state index >= 15 is 0 Å². The van der Waals surface area contributed by atoms with Crippen LogP contribution in [0.1, 0.15) is 44.5 Å². The third-order valence-electron chi connectivity index (χ3n) is 18.7. The lowest BCUT2D eigenvalue weighted by Crippen LogP contribution is -2.29. The fourth-order valence-corrected chi connectivity index (χ4v) is 15.2. The summed E-state index contributed by atoms with van der Waals surface area (Å²) in [5, 5.41) is 23.1. The van der Waals surface area contributed by atoms with E-state index in [9.17, 15) is 10.0 Å². The Morgan fingerprint density at radius 1 is 0.261 bits per heavy atom. The minimum atomic E-state index is -1.48. The first-order valence-electron chi connectivity index (χ1n) is 31.1. The van der Waals surface area contributed by atoms with Gasteiger partial charge in [-0.1, -0.05) is 319 Å². The largest absolute Gasteiger partial charge is 0.488 e. The van der Waals surface area contributed by atoms with Crippen molar-refractivity contribution < 1.29 is 18.9 Å². The molecule has 0 radical (unpaired) electrons. The molecule has 6 heteroatoms. The molecule has 2 N–H and O–H groups in total. The van der Waals surface area contributed by atoms with Gasteiger partial charge in [0.2, 0.25) is 0 Å². The molecule has 2 aromatic heterocycles. The number of halogens is 1. The first-order chi connectivity index (χ1) is 45.4. The van der Waals surface area contributed by atoms with Gasteiger partial charge in [0.25, 0.3) is 0 Å². The fraction of sp³-hybridized carbons (Fsp3) is 0.0233. The second kappa shape index (κ2) is 23.5. The SMILES string of the molecule is Brc1cccc(C2(c3ccccc3)c3ccccc3-c3ccccc32)c1.OB(O)c1cccc(-c2cccc3c2oc2ccccc23)c1.c1ccc(C2(c3cccc(-c4cccc(-c5cccc6c5oc5ccccc56)c4)c3)c3ccccc3-c3ccccc32)cc1. The minimum absolute atomic E-state index is 0.293. The van der Waals surface area contributed by atoms with Crippen LogP contribution in [-0.2, 0) is 10.8 Å². The highest BCUT2D eigenvalue weighted by atomic mass is 79.9. The van der Waals surface area contributed by atoms with E-state index < -0.39 is 12.5 Å². The summed E-state index contributed by atoms with van der Waals surface area (Å²) < 4.78 is 13.5. The average Bonchev–Trinajstić information content (AvgIpc) is 1.53. The van der Waals surface area contributed by atoms with Gasteiger partial charge in [0.1, 0.15) is 22.3 Å². The van der Waals surface area contributed by atoms with E-state index in [0.29, 0.717) is 5.46 Å². The van der Waals surface area contributed by atoms with Crippen molar-refractivity contribution in [2.45, 2.75) is 10.8 Å². The van der Waals surface area contributed by atoms with Crippen molar-refractivity contribution in [1.29, 1.82) is 0 Å². The standard InChI is InChI=1S/C43H28O.C25H17Br.C18H13BO3/c1-2-16-32(17-3-1)43(39-24-7-4-19-35(39)36-20-5-8-25-40(36)43)33-18-11-14-30(28-33)29-13-10-15-31(27-29)34-22-12-23-38-37-21-6-9-26-41(37)44-42(34)38;26-20-12-8-11-19(17-20)25(18-9-2-1-3-10-18)23-15-6-4-13-21(23)22-14-5-7-16-24(22)25;20-19(21)13-6-3-5-12(11-13)14-8-4-9-16-15-7-1-2-10-17(15)22-18(14)16/h1-28H;1-17H;1-11,20-21H. The number of para-hydroxylation sites is 4. The maximum Gasteiger partial charge on any atom is 0.488 e. The number of furan rings is 2. The first-order valence-corrected chi connectivity index (χ1v) is 31.9. The zero-order chi connectivity index (χ0) is 61.8. The van der Waals surface area contributed by atoms with Crippen LogP contribution in [-0.4, -0.2) is 17.2 Å². The molecule has 0 atom stereocenters. The quantitative estimate of drug-likeness (QED) is 0.149. The highest BCUT2D eigenvalue weighted by Gasteiger charge is 2.47. The van der Waals surface area contributed by atoms with Gasteiger partial charge in [-0.25, -0.2) is 0 Å². The molecule has 2 aliphatic carbocycles. The molecule has 0 saturated carbocycles. The van der Waals surface area contributed by atoms with Crippen molar-refractivity contribution in [1.82, 2.24) is 0 Å². The summed E-state index contributed by atoms with van der Waals surface area (Å²) in [5.74, 6) is 0. The second-order valence-corrected chi connectivity index (χ2v) is 24.6. The summed E-state index contributed by atoms with van der Waals surface area (Å²) in [6, 6.07) is 120. The number of fused-ring (bicyclic) bond motifs is 12. The van der Waals surface area contributed by atoms with E-state index in [-0.39, 0.29) is 5.41 Å². The molecule has 0 amide bonds. The molecule has 0 fully saturated rings. The maximum absolute atomic E-state index is 9.35. The van der Waals surface area contributed by atoms with E-state index in [1.165, 1.54) is 77.9 Å². The van der Waals surface area contributed by atoms with Gasteiger partial charge in [0.05, 0.1) is 10.8 Å². The minimum Gasteiger partial charge on any atom is -0.455 e. The predicted molar refractivity (Wildman–Crippen MR) is 382 cm³/mol. The molecule has 14 aromatic carbocycles. The molecule has 2 aliphatic rings. The van der Waals surface area contributed by atoms with Crippen LogP contribution in [0.3, 0.4) is 0 Å². The van der Waals surface area contributed by atoms with Crippen molar-refractivity contribution in [3.63, 3.8) is 0 Å². The molecule has 0 bridgehead atoms. The van der Waals surface area contributed by atoms with Crippen LogP contribution >= 0.6 is 15.9 Å². The van der Waals surface area contributed by atoms with Crippen molar-refractivity contribution >= 4 is 72.4 Å². The molecule has 92 heavy (non-hydrogen) atoms. The molecule has 18 rings (SSSR count). The Balaban J connectivity index is 0.000000119. The zero-order valence-electron chi connectivity index (χ0n) is 50.0. The van der Waals surface area contributed by atoms with E-state index in [1.807, 2.05) is 66.7 Å². The highest BCUT2D eigenvalue weighted by Crippen LogP contribution is 2.58. The molecular formula is C86H58BBrO4. The molecule has 436 valence electrons. The summed E-state index contributed by atoms with van der Waals surface area (Å²) in [7, 11) is -1.48. The summed E-state index contributed by atoms with van der Waals surface area (Å²) >= 11 is 3.69. The normalized spacial score (nSPS) is 12.9. The molecule has 0 aliphatic heterocycles.